The SMILES string of the molecule is CC1CN(C(=O)C2CC2)CCC1=O. The Morgan fingerprint density at radius 3 is 2.69 bits per heavy atom. The van der Waals surface area contributed by atoms with Crippen LogP contribution in [0.3, 0.4) is 0 Å². The maximum atomic E-state index is 11.6. The first-order valence-electron chi connectivity index (χ1n) is 5.00. The Balaban J connectivity index is 1.93. The number of likely N-dealkylation sites (tertiary alicyclic amines) is 1. The van der Waals surface area contributed by atoms with Crippen LogP contribution in [0.15, 0.2) is 0 Å². The van der Waals surface area contributed by atoms with Gasteiger partial charge in [0.25, 0.3) is 0 Å². The van der Waals surface area contributed by atoms with E-state index in [0.29, 0.717) is 31.2 Å². The van der Waals surface area contributed by atoms with Crippen LogP contribution in [0.1, 0.15) is 26.2 Å². The first-order chi connectivity index (χ1) is 6.18. The highest BCUT2D eigenvalue weighted by Gasteiger charge is 2.36. The molecule has 1 amide bonds. The molecule has 1 atom stereocenters. The van der Waals surface area contributed by atoms with Gasteiger partial charge in [0, 0.05) is 31.3 Å². The van der Waals surface area contributed by atoms with Crippen molar-refractivity contribution >= 4 is 11.7 Å². The molecule has 0 aromatic rings. The van der Waals surface area contributed by atoms with Gasteiger partial charge in [-0.05, 0) is 12.8 Å². The largest absolute Gasteiger partial charge is 0.341 e. The van der Waals surface area contributed by atoms with Gasteiger partial charge in [0.15, 0.2) is 0 Å². The highest BCUT2D eigenvalue weighted by atomic mass is 16.2. The molecule has 72 valence electrons. The Morgan fingerprint density at radius 1 is 1.46 bits per heavy atom. The number of amides is 1. The Bertz CT molecular complexity index is 245. The van der Waals surface area contributed by atoms with Crippen molar-refractivity contribution in [1.82, 2.24) is 4.90 Å². The predicted molar refractivity (Wildman–Crippen MR) is 48.1 cm³/mol. The van der Waals surface area contributed by atoms with E-state index in [9.17, 15) is 9.59 Å². The zero-order valence-corrected chi connectivity index (χ0v) is 7.95. The van der Waals surface area contributed by atoms with Crippen LogP contribution in [-0.2, 0) is 9.59 Å². The second-order valence-electron chi connectivity index (χ2n) is 4.18. The molecule has 0 aromatic carbocycles. The number of ketones is 1. The Hall–Kier alpha value is -0.860. The number of hydrogen-bond acceptors (Lipinski definition) is 2. The van der Waals surface area contributed by atoms with Crippen LogP contribution in [0.4, 0.5) is 0 Å². The zero-order chi connectivity index (χ0) is 9.42. The quantitative estimate of drug-likeness (QED) is 0.601. The Kier molecular flexibility index (Phi) is 2.10. The second-order valence-corrected chi connectivity index (χ2v) is 4.18. The molecule has 2 rings (SSSR count). The molecule has 1 unspecified atom stereocenters. The fraction of sp³-hybridized carbons (Fsp3) is 0.800. The van der Waals surface area contributed by atoms with Crippen molar-refractivity contribution in [2.24, 2.45) is 11.8 Å². The van der Waals surface area contributed by atoms with Crippen molar-refractivity contribution in [1.29, 1.82) is 0 Å². The molecule has 13 heavy (non-hydrogen) atoms. The molecule has 0 N–H and O–H groups in total. The summed E-state index contributed by atoms with van der Waals surface area (Å²) in [4.78, 5) is 24.7. The van der Waals surface area contributed by atoms with Gasteiger partial charge in [-0.1, -0.05) is 6.92 Å². The molecule has 1 aliphatic heterocycles. The zero-order valence-electron chi connectivity index (χ0n) is 7.95. The van der Waals surface area contributed by atoms with E-state index in [2.05, 4.69) is 0 Å². The number of hydrogen-bond donors (Lipinski definition) is 0. The van der Waals surface area contributed by atoms with Crippen molar-refractivity contribution in [3.05, 3.63) is 0 Å². The van der Waals surface area contributed by atoms with Crippen molar-refractivity contribution in [2.45, 2.75) is 26.2 Å². The predicted octanol–water partition coefficient (Wildman–Crippen LogP) is 0.834. The smallest absolute Gasteiger partial charge is 0.225 e. The molecule has 1 saturated carbocycles. The van der Waals surface area contributed by atoms with Crippen LogP contribution in [0.2, 0.25) is 0 Å². The van der Waals surface area contributed by atoms with Crippen LogP contribution in [-0.4, -0.2) is 29.7 Å². The van der Waals surface area contributed by atoms with E-state index < -0.39 is 0 Å². The van der Waals surface area contributed by atoms with Gasteiger partial charge >= 0.3 is 0 Å². The van der Waals surface area contributed by atoms with Crippen molar-refractivity contribution < 1.29 is 9.59 Å². The summed E-state index contributed by atoms with van der Waals surface area (Å²) in [6.45, 7) is 3.21. The van der Waals surface area contributed by atoms with E-state index in [4.69, 9.17) is 0 Å². The van der Waals surface area contributed by atoms with Gasteiger partial charge < -0.3 is 4.90 Å². The summed E-state index contributed by atoms with van der Waals surface area (Å²) < 4.78 is 0. The van der Waals surface area contributed by atoms with E-state index in [-0.39, 0.29) is 11.8 Å². The topological polar surface area (TPSA) is 37.4 Å². The lowest BCUT2D eigenvalue weighted by molar-refractivity contribution is -0.137. The summed E-state index contributed by atoms with van der Waals surface area (Å²) >= 11 is 0. The number of rotatable bonds is 1. The van der Waals surface area contributed by atoms with Crippen LogP contribution >= 0.6 is 0 Å². The molecule has 1 saturated heterocycles. The van der Waals surface area contributed by atoms with E-state index in [0.717, 1.165) is 12.8 Å². The maximum absolute atomic E-state index is 11.6. The van der Waals surface area contributed by atoms with Gasteiger partial charge in [-0.25, -0.2) is 0 Å². The molecule has 0 bridgehead atoms. The van der Waals surface area contributed by atoms with Gasteiger partial charge in [-0.3, -0.25) is 9.59 Å². The number of nitrogens with zero attached hydrogens (tertiary/aromatic N) is 1. The number of Topliss-reactive ketones (excluding diaryl/α,β-unsaturated/α-hetero) is 1. The summed E-state index contributed by atoms with van der Waals surface area (Å²) in [5.74, 6) is 0.927. The minimum atomic E-state index is 0.0523. The summed E-state index contributed by atoms with van der Waals surface area (Å²) in [6, 6.07) is 0. The summed E-state index contributed by atoms with van der Waals surface area (Å²) in [7, 11) is 0. The molecule has 2 fully saturated rings. The molecule has 0 aromatic heterocycles. The molecule has 3 heteroatoms. The molecule has 1 heterocycles. The molecule has 0 spiro atoms. The number of carbonyl (C=O) groups excluding carboxylic acids is 2. The standard InChI is InChI=1S/C10H15NO2/c1-7-6-11(5-4-9(7)12)10(13)8-2-3-8/h7-8H,2-6H2,1H3. The highest BCUT2D eigenvalue weighted by molar-refractivity contribution is 5.86. The van der Waals surface area contributed by atoms with Crippen LogP contribution in [0.25, 0.3) is 0 Å². The Morgan fingerprint density at radius 2 is 2.15 bits per heavy atom. The fourth-order valence-electron chi connectivity index (χ4n) is 1.80. The molecule has 3 nitrogen and oxygen atoms in total. The van der Waals surface area contributed by atoms with Gasteiger partial charge in [0.1, 0.15) is 5.78 Å². The van der Waals surface area contributed by atoms with Gasteiger partial charge in [0.2, 0.25) is 5.91 Å². The van der Waals surface area contributed by atoms with E-state index in [1.54, 1.807) is 0 Å². The van der Waals surface area contributed by atoms with Crippen molar-refractivity contribution in [3.63, 3.8) is 0 Å². The van der Waals surface area contributed by atoms with Gasteiger partial charge in [-0.15, -0.1) is 0 Å². The minimum absolute atomic E-state index is 0.0523. The summed E-state index contributed by atoms with van der Waals surface area (Å²) in [6.07, 6.45) is 2.66. The second kappa shape index (κ2) is 3.13. The average Bonchev–Trinajstić information content (AvgIpc) is 2.91. The monoisotopic (exact) mass is 181 g/mol. The lowest BCUT2D eigenvalue weighted by atomic mass is 9.98. The van der Waals surface area contributed by atoms with E-state index in [1.165, 1.54) is 0 Å². The van der Waals surface area contributed by atoms with Crippen LogP contribution in [0, 0.1) is 11.8 Å². The third-order valence-corrected chi connectivity index (χ3v) is 2.91. The fourth-order valence-corrected chi connectivity index (χ4v) is 1.80. The third kappa shape index (κ3) is 1.74. The van der Waals surface area contributed by atoms with Gasteiger partial charge in [-0.2, -0.15) is 0 Å². The number of carbonyl (C=O) groups is 2. The van der Waals surface area contributed by atoms with E-state index >= 15 is 0 Å². The summed E-state index contributed by atoms with van der Waals surface area (Å²) in [5, 5.41) is 0. The maximum Gasteiger partial charge on any atom is 0.225 e. The third-order valence-electron chi connectivity index (χ3n) is 2.91. The van der Waals surface area contributed by atoms with Crippen molar-refractivity contribution in [2.75, 3.05) is 13.1 Å². The molecule has 0 radical (unpaired) electrons. The van der Waals surface area contributed by atoms with Crippen LogP contribution < -0.4 is 0 Å². The molecular weight excluding hydrogens is 166 g/mol. The summed E-state index contributed by atoms with van der Waals surface area (Å²) in [5.41, 5.74) is 0. The Labute approximate surface area is 78.1 Å². The lowest BCUT2D eigenvalue weighted by Crippen LogP contribution is -2.43. The molecular formula is C10H15NO2. The first kappa shape index (κ1) is 8.73. The highest BCUT2D eigenvalue weighted by Crippen LogP contribution is 2.32. The van der Waals surface area contributed by atoms with Gasteiger partial charge in [0.05, 0.1) is 0 Å². The van der Waals surface area contributed by atoms with Crippen molar-refractivity contribution in [3.8, 4) is 0 Å². The van der Waals surface area contributed by atoms with E-state index in [1.807, 2.05) is 11.8 Å². The number of piperidine rings is 1. The lowest BCUT2D eigenvalue weighted by Gasteiger charge is -2.30. The molecule has 2 aliphatic rings. The molecule has 1 aliphatic carbocycles. The average molecular weight is 181 g/mol. The normalized spacial score (nSPS) is 29.2. The van der Waals surface area contributed by atoms with Crippen LogP contribution in [0.5, 0.6) is 0 Å². The minimum Gasteiger partial charge on any atom is -0.341 e. The first-order valence-corrected chi connectivity index (χ1v) is 5.00.